The third-order valence-electron chi connectivity index (χ3n) is 1.80. The summed E-state index contributed by atoms with van der Waals surface area (Å²) in [5.41, 5.74) is 2.16. The van der Waals surface area contributed by atoms with Crippen LogP contribution in [0.15, 0.2) is 0 Å². The molecule has 9 heavy (non-hydrogen) atoms. The molecule has 0 heterocycles. The topological polar surface area (TPSA) is 41.5 Å². The molecule has 1 rings (SSSR count). The van der Waals surface area contributed by atoms with E-state index in [1.807, 2.05) is 0 Å². The first-order chi connectivity index (χ1) is 4.38. The Balaban J connectivity index is 1.96. The van der Waals surface area contributed by atoms with Gasteiger partial charge in [-0.05, 0) is 18.3 Å². The summed E-state index contributed by atoms with van der Waals surface area (Å²) in [7, 11) is 1.71. The van der Waals surface area contributed by atoms with Crippen molar-refractivity contribution in [1.82, 2.24) is 5.48 Å². The lowest BCUT2D eigenvalue weighted by Crippen LogP contribution is -2.12. The van der Waals surface area contributed by atoms with Crippen molar-refractivity contribution >= 4 is 0 Å². The van der Waals surface area contributed by atoms with Crippen LogP contribution in [0.2, 0.25) is 0 Å². The number of nitrogens with one attached hydrogen (secondary N) is 1. The zero-order chi connectivity index (χ0) is 6.69. The average Bonchev–Trinajstić information content (AvgIpc) is 2.50. The Labute approximate surface area is 55.0 Å². The van der Waals surface area contributed by atoms with Gasteiger partial charge in [-0.2, -0.15) is 0 Å². The summed E-state index contributed by atoms with van der Waals surface area (Å²) in [6.07, 6.45) is 1.20. The highest BCUT2D eigenvalue weighted by molar-refractivity contribution is 4.86. The Morgan fingerprint density at radius 2 is 2.44 bits per heavy atom. The minimum absolute atomic E-state index is 0.648. The second-order valence-electron chi connectivity index (χ2n) is 2.57. The SMILES string of the molecule is COC[C@H]1C[C@H]1CNO. The van der Waals surface area contributed by atoms with Crippen molar-refractivity contribution in [2.75, 3.05) is 20.3 Å². The molecule has 1 aliphatic rings. The van der Waals surface area contributed by atoms with Crippen molar-refractivity contribution in [3.05, 3.63) is 0 Å². The molecule has 0 unspecified atom stereocenters. The summed E-state index contributed by atoms with van der Waals surface area (Å²) < 4.78 is 4.93. The minimum Gasteiger partial charge on any atom is -0.384 e. The molecule has 1 aliphatic carbocycles. The molecule has 1 saturated carbocycles. The lowest BCUT2D eigenvalue weighted by molar-refractivity contribution is 0.149. The summed E-state index contributed by atoms with van der Waals surface area (Å²) in [5.74, 6) is 1.34. The Morgan fingerprint density at radius 3 is 3.00 bits per heavy atom. The normalized spacial score (nSPS) is 32.7. The van der Waals surface area contributed by atoms with Crippen molar-refractivity contribution in [1.29, 1.82) is 0 Å². The van der Waals surface area contributed by atoms with Gasteiger partial charge in [-0.15, -0.1) is 0 Å². The van der Waals surface area contributed by atoms with Crippen molar-refractivity contribution < 1.29 is 9.94 Å². The zero-order valence-electron chi connectivity index (χ0n) is 5.63. The molecule has 54 valence electrons. The highest BCUT2D eigenvalue weighted by Gasteiger charge is 2.36. The molecule has 0 amide bonds. The highest BCUT2D eigenvalue weighted by Crippen LogP contribution is 2.37. The summed E-state index contributed by atoms with van der Waals surface area (Å²) in [4.78, 5) is 0. The molecule has 3 nitrogen and oxygen atoms in total. The minimum atomic E-state index is 0.648. The Hall–Kier alpha value is -0.120. The fraction of sp³-hybridized carbons (Fsp3) is 1.00. The van der Waals surface area contributed by atoms with E-state index in [2.05, 4.69) is 5.48 Å². The van der Waals surface area contributed by atoms with Crippen LogP contribution in [0.3, 0.4) is 0 Å². The lowest BCUT2D eigenvalue weighted by Gasteiger charge is -1.95. The van der Waals surface area contributed by atoms with Gasteiger partial charge in [-0.25, -0.2) is 5.48 Å². The van der Waals surface area contributed by atoms with Crippen LogP contribution in [0.25, 0.3) is 0 Å². The molecule has 0 aromatic heterocycles. The lowest BCUT2D eigenvalue weighted by atomic mass is 10.3. The molecule has 0 spiro atoms. The van der Waals surface area contributed by atoms with Crippen LogP contribution < -0.4 is 5.48 Å². The van der Waals surface area contributed by atoms with E-state index in [-0.39, 0.29) is 0 Å². The van der Waals surface area contributed by atoms with Crippen LogP contribution >= 0.6 is 0 Å². The molecule has 0 aromatic carbocycles. The molecule has 0 saturated heterocycles. The van der Waals surface area contributed by atoms with Crippen LogP contribution in [0.4, 0.5) is 0 Å². The van der Waals surface area contributed by atoms with Crippen LogP contribution in [0.5, 0.6) is 0 Å². The van der Waals surface area contributed by atoms with Gasteiger partial charge in [0.25, 0.3) is 0 Å². The number of rotatable bonds is 4. The van der Waals surface area contributed by atoms with Crippen molar-refractivity contribution in [3.8, 4) is 0 Å². The Kier molecular flexibility index (Phi) is 2.45. The Morgan fingerprint density at radius 1 is 1.67 bits per heavy atom. The van der Waals surface area contributed by atoms with Gasteiger partial charge in [0.1, 0.15) is 0 Å². The molecule has 0 bridgehead atoms. The maximum Gasteiger partial charge on any atom is 0.0493 e. The van der Waals surface area contributed by atoms with E-state index in [4.69, 9.17) is 9.94 Å². The first-order valence-electron chi connectivity index (χ1n) is 3.24. The number of methoxy groups -OCH3 is 1. The highest BCUT2D eigenvalue weighted by atomic mass is 16.5. The molecule has 2 atom stereocenters. The standard InChI is InChI=1S/C6H13NO2/c1-9-4-6-2-5(6)3-7-8/h5-8H,2-4H2,1H3/t5-,6+/m0/s1. The molecule has 0 radical (unpaired) electrons. The summed E-state index contributed by atoms with van der Waals surface area (Å²) in [6, 6.07) is 0. The summed E-state index contributed by atoms with van der Waals surface area (Å²) >= 11 is 0. The quantitative estimate of drug-likeness (QED) is 0.537. The van der Waals surface area contributed by atoms with E-state index >= 15 is 0 Å². The van der Waals surface area contributed by atoms with E-state index < -0.39 is 0 Å². The molecule has 3 heteroatoms. The van der Waals surface area contributed by atoms with Gasteiger partial charge in [0.2, 0.25) is 0 Å². The smallest absolute Gasteiger partial charge is 0.0493 e. The van der Waals surface area contributed by atoms with E-state index in [0.29, 0.717) is 18.4 Å². The van der Waals surface area contributed by atoms with E-state index in [0.717, 1.165) is 6.61 Å². The van der Waals surface area contributed by atoms with E-state index in [1.165, 1.54) is 6.42 Å². The van der Waals surface area contributed by atoms with Gasteiger partial charge in [-0.1, -0.05) is 0 Å². The van der Waals surface area contributed by atoms with Gasteiger partial charge >= 0.3 is 0 Å². The summed E-state index contributed by atoms with van der Waals surface area (Å²) in [5, 5.41) is 8.27. The third kappa shape index (κ3) is 1.93. The average molecular weight is 131 g/mol. The monoisotopic (exact) mass is 131 g/mol. The second kappa shape index (κ2) is 3.15. The first kappa shape index (κ1) is 6.99. The number of hydrogen-bond acceptors (Lipinski definition) is 3. The van der Waals surface area contributed by atoms with E-state index in [1.54, 1.807) is 7.11 Å². The molecular formula is C6H13NO2. The predicted molar refractivity (Wildman–Crippen MR) is 33.3 cm³/mol. The number of hydroxylamine groups is 1. The van der Waals surface area contributed by atoms with Gasteiger partial charge < -0.3 is 9.94 Å². The number of ether oxygens (including phenoxy) is 1. The van der Waals surface area contributed by atoms with Crippen LogP contribution in [0, 0.1) is 11.8 Å². The van der Waals surface area contributed by atoms with Crippen LogP contribution in [-0.2, 0) is 4.74 Å². The Bertz CT molecular complexity index is 77.1. The summed E-state index contributed by atoms with van der Waals surface area (Å²) in [6.45, 7) is 1.56. The molecular weight excluding hydrogens is 118 g/mol. The predicted octanol–water partition coefficient (Wildman–Crippen LogP) is 0.248. The van der Waals surface area contributed by atoms with Gasteiger partial charge in [0.15, 0.2) is 0 Å². The van der Waals surface area contributed by atoms with Crippen molar-refractivity contribution in [3.63, 3.8) is 0 Å². The fourth-order valence-corrected chi connectivity index (χ4v) is 1.10. The molecule has 2 N–H and O–H groups in total. The van der Waals surface area contributed by atoms with Crippen LogP contribution in [0.1, 0.15) is 6.42 Å². The first-order valence-corrected chi connectivity index (χ1v) is 3.24. The number of hydrogen-bond donors (Lipinski definition) is 2. The molecule has 1 fully saturated rings. The largest absolute Gasteiger partial charge is 0.384 e. The van der Waals surface area contributed by atoms with Crippen molar-refractivity contribution in [2.24, 2.45) is 11.8 Å². The van der Waals surface area contributed by atoms with Gasteiger partial charge in [-0.3, -0.25) is 0 Å². The second-order valence-corrected chi connectivity index (χ2v) is 2.57. The maximum absolute atomic E-state index is 8.27. The van der Waals surface area contributed by atoms with Gasteiger partial charge in [0.05, 0.1) is 0 Å². The van der Waals surface area contributed by atoms with Crippen LogP contribution in [-0.4, -0.2) is 25.5 Å². The van der Waals surface area contributed by atoms with E-state index in [9.17, 15) is 0 Å². The zero-order valence-corrected chi connectivity index (χ0v) is 5.63. The molecule has 0 aromatic rings. The van der Waals surface area contributed by atoms with Crippen molar-refractivity contribution in [2.45, 2.75) is 6.42 Å². The third-order valence-corrected chi connectivity index (χ3v) is 1.80. The molecule has 0 aliphatic heterocycles. The fourth-order valence-electron chi connectivity index (χ4n) is 1.10. The van der Waals surface area contributed by atoms with Gasteiger partial charge in [0, 0.05) is 20.3 Å². The maximum atomic E-state index is 8.27.